The van der Waals surface area contributed by atoms with Crippen LogP contribution in [0.5, 0.6) is 0 Å². The van der Waals surface area contributed by atoms with Gasteiger partial charge in [0.15, 0.2) is 0 Å². The first-order valence-corrected chi connectivity index (χ1v) is 13.1. The summed E-state index contributed by atoms with van der Waals surface area (Å²) in [7, 11) is 0. The molecule has 3 saturated heterocycles. The molecular weight excluding hydrogens is 533 g/mol. The second kappa shape index (κ2) is 10.9. The first-order valence-electron chi connectivity index (χ1n) is 13.1. The SMILES string of the molecule is NC(=O)[C@H](C[C@@H]1CCNC1=O)NC(=O)[C@@H]1[C@@H]2CC[C@@H](CC2(F)F)N1C(=O)[C@H](CC1CCC1)NC(=O)C(F)(F)F. The Labute approximate surface area is 220 Å². The van der Waals surface area contributed by atoms with Crippen LogP contribution in [0, 0.1) is 17.8 Å². The molecule has 0 aromatic rings. The maximum Gasteiger partial charge on any atom is 0.471 e. The van der Waals surface area contributed by atoms with Crippen LogP contribution in [0.25, 0.3) is 0 Å². The number of nitrogens with zero attached hydrogens (tertiary/aromatic N) is 1. The van der Waals surface area contributed by atoms with E-state index in [1.165, 1.54) is 0 Å². The number of hydrogen-bond donors (Lipinski definition) is 4. The molecule has 0 aromatic heterocycles. The van der Waals surface area contributed by atoms with E-state index in [2.05, 4.69) is 10.6 Å². The second-order valence-corrected chi connectivity index (χ2v) is 11.0. The number of halogens is 5. The van der Waals surface area contributed by atoms with Gasteiger partial charge in [-0.2, -0.15) is 13.2 Å². The molecule has 5 rings (SSSR count). The lowest BCUT2D eigenvalue weighted by atomic mass is 9.71. The summed E-state index contributed by atoms with van der Waals surface area (Å²) < 4.78 is 69.1. The maximum absolute atomic E-state index is 15.0. The van der Waals surface area contributed by atoms with Crippen LogP contribution in [0.4, 0.5) is 22.0 Å². The molecule has 5 aliphatic rings. The summed E-state index contributed by atoms with van der Waals surface area (Å²) in [4.78, 5) is 63.8. The lowest BCUT2D eigenvalue weighted by molar-refractivity contribution is -0.196. The van der Waals surface area contributed by atoms with Gasteiger partial charge in [-0.1, -0.05) is 19.3 Å². The molecule has 3 aliphatic heterocycles. The van der Waals surface area contributed by atoms with Crippen LogP contribution >= 0.6 is 0 Å². The van der Waals surface area contributed by atoms with Crippen LogP contribution in [-0.4, -0.2) is 77.2 Å². The van der Waals surface area contributed by atoms with E-state index in [0.717, 1.165) is 11.3 Å². The summed E-state index contributed by atoms with van der Waals surface area (Å²) in [5, 5.41) is 6.61. The predicted molar refractivity (Wildman–Crippen MR) is 124 cm³/mol. The standard InChI is InChI=1S/C24H32F5N5O5/c25-23(26)10-13-4-5-14(23)17(20(37)32-15(18(30)35)9-12-6-7-31-19(12)36)34(13)21(38)16(8-11-2-1-3-11)33-22(39)24(27,28)29/h11-17H,1-10H2,(H2,30,35)(H,31,36)(H,32,37)(H,33,39)/t12-,13-,14-,15-,16-,17-/m0/s1. The third kappa shape index (κ3) is 6.11. The van der Waals surface area contributed by atoms with E-state index >= 15 is 0 Å². The van der Waals surface area contributed by atoms with Crippen LogP contribution in [0.2, 0.25) is 0 Å². The van der Waals surface area contributed by atoms with Gasteiger partial charge in [0.25, 0.3) is 5.92 Å². The van der Waals surface area contributed by atoms with Crippen molar-refractivity contribution < 1.29 is 45.9 Å². The summed E-state index contributed by atoms with van der Waals surface area (Å²) in [6.07, 6.45) is -3.95. The van der Waals surface area contributed by atoms with E-state index in [0.29, 0.717) is 25.8 Å². The molecular formula is C24H32F5N5O5. The van der Waals surface area contributed by atoms with Crippen molar-refractivity contribution in [2.75, 3.05) is 6.54 Å². The predicted octanol–water partition coefficient (Wildman–Crippen LogP) is 0.735. The zero-order chi connectivity index (χ0) is 28.7. The summed E-state index contributed by atoms with van der Waals surface area (Å²) >= 11 is 0. The highest BCUT2D eigenvalue weighted by atomic mass is 19.4. The minimum Gasteiger partial charge on any atom is -0.368 e. The fourth-order valence-corrected chi connectivity index (χ4v) is 6.19. The van der Waals surface area contributed by atoms with Crippen LogP contribution in [0.1, 0.15) is 57.8 Å². The molecule has 0 aromatic carbocycles. The van der Waals surface area contributed by atoms with Gasteiger partial charge in [0, 0.05) is 24.9 Å². The highest BCUT2D eigenvalue weighted by molar-refractivity contribution is 5.95. The number of primary amides is 1. The molecule has 2 aliphatic carbocycles. The third-order valence-electron chi connectivity index (χ3n) is 8.46. The molecule has 218 valence electrons. The van der Waals surface area contributed by atoms with E-state index < -0.39 is 78.2 Å². The zero-order valence-corrected chi connectivity index (χ0v) is 21.1. The van der Waals surface area contributed by atoms with Crippen molar-refractivity contribution in [3.63, 3.8) is 0 Å². The zero-order valence-electron chi connectivity index (χ0n) is 21.1. The average molecular weight is 566 g/mol. The Kier molecular flexibility index (Phi) is 8.08. The van der Waals surface area contributed by atoms with Gasteiger partial charge in [0.1, 0.15) is 18.1 Å². The van der Waals surface area contributed by atoms with E-state index in [-0.39, 0.29) is 37.5 Å². The van der Waals surface area contributed by atoms with Crippen molar-refractivity contribution in [1.29, 1.82) is 0 Å². The van der Waals surface area contributed by atoms with E-state index in [9.17, 15) is 45.9 Å². The van der Waals surface area contributed by atoms with E-state index in [1.807, 2.05) is 0 Å². The third-order valence-corrected chi connectivity index (χ3v) is 8.46. The number of rotatable bonds is 9. The molecule has 0 radical (unpaired) electrons. The van der Waals surface area contributed by atoms with Crippen LogP contribution in [0.15, 0.2) is 0 Å². The maximum atomic E-state index is 15.0. The van der Waals surface area contributed by atoms with Crippen molar-refractivity contribution in [3.05, 3.63) is 0 Å². The second-order valence-electron chi connectivity index (χ2n) is 11.0. The van der Waals surface area contributed by atoms with Crippen LogP contribution in [0.3, 0.4) is 0 Å². The van der Waals surface area contributed by atoms with Gasteiger partial charge in [0.2, 0.25) is 23.6 Å². The lowest BCUT2D eigenvalue weighted by Gasteiger charge is -2.54. The number of nitrogens with two attached hydrogens (primary N) is 1. The Morgan fingerprint density at radius 3 is 2.23 bits per heavy atom. The van der Waals surface area contributed by atoms with Crippen molar-refractivity contribution >= 4 is 29.5 Å². The smallest absolute Gasteiger partial charge is 0.368 e. The highest BCUT2D eigenvalue weighted by Crippen LogP contribution is 2.49. The summed E-state index contributed by atoms with van der Waals surface area (Å²) in [5.41, 5.74) is 5.41. The molecule has 15 heteroatoms. The number of hydrogen-bond acceptors (Lipinski definition) is 5. The van der Waals surface area contributed by atoms with E-state index in [1.54, 1.807) is 5.32 Å². The van der Waals surface area contributed by atoms with Gasteiger partial charge >= 0.3 is 12.1 Å². The van der Waals surface area contributed by atoms with Crippen molar-refractivity contribution in [2.45, 2.75) is 94.1 Å². The Bertz CT molecular complexity index is 1020. The van der Waals surface area contributed by atoms with Crippen molar-refractivity contribution in [1.82, 2.24) is 20.9 Å². The minimum absolute atomic E-state index is 0.0979. The van der Waals surface area contributed by atoms with Crippen molar-refractivity contribution in [2.24, 2.45) is 23.5 Å². The number of alkyl halides is 5. The molecule has 2 saturated carbocycles. The van der Waals surface area contributed by atoms with E-state index in [4.69, 9.17) is 5.73 Å². The van der Waals surface area contributed by atoms with Crippen LogP contribution in [-0.2, 0) is 24.0 Å². The molecule has 39 heavy (non-hydrogen) atoms. The highest BCUT2D eigenvalue weighted by Gasteiger charge is 2.61. The topological polar surface area (TPSA) is 151 Å². The van der Waals surface area contributed by atoms with Gasteiger partial charge in [0.05, 0.1) is 5.92 Å². The first-order chi connectivity index (χ1) is 18.2. The Morgan fingerprint density at radius 1 is 1.03 bits per heavy atom. The quantitative estimate of drug-likeness (QED) is 0.304. The minimum atomic E-state index is -5.27. The number of carbonyl (C=O) groups excluding carboxylic acids is 5. The van der Waals surface area contributed by atoms with Gasteiger partial charge in [-0.15, -0.1) is 0 Å². The van der Waals surface area contributed by atoms with Gasteiger partial charge in [-0.05, 0) is 38.0 Å². The molecule has 0 spiro atoms. The molecule has 5 amide bonds. The Hall–Kier alpha value is -3.00. The summed E-state index contributed by atoms with van der Waals surface area (Å²) in [5.74, 6) is -11.6. The number of nitrogens with one attached hydrogen (secondary N) is 3. The fraction of sp³-hybridized carbons (Fsp3) is 0.792. The molecule has 2 bridgehead atoms. The molecule has 6 atom stereocenters. The Balaban J connectivity index is 1.59. The largest absolute Gasteiger partial charge is 0.471 e. The fourth-order valence-electron chi connectivity index (χ4n) is 6.19. The number of piperidine rings is 2. The average Bonchev–Trinajstić information content (AvgIpc) is 3.22. The van der Waals surface area contributed by atoms with Crippen molar-refractivity contribution in [3.8, 4) is 0 Å². The number of fused-ring (bicyclic) bond motifs is 3. The molecule has 5 fully saturated rings. The summed E-state index contributed by atoms with van der Waals surface area (Å²) in [6.45, 7) is 0.357. The van der Waals surface area contributed by atoms with Crippen LogP contribution < -0.4 is 21.7 Å². The molecule has 3 heterocycles. The summed E-state index contributed by atoms with van der Waals surface area (Å²) in [6, 6.07) is -6.02. The monoisotopic (exact) mass is 565 g/mol. The number of amides is 5. The van der Waals surface area contributed by atoms with Gasteiger partial charge in [-0.3, -0.25) is 24.0 Å². The Morgan fingerprint density at radius 2 is 1.72 bits per heavy atom. The normalized spacial score (nSPS) is 29.7. The first kappa shape index (κ1) is 29.0. The lowest BCUT2D eigenvalue weighted by Crippen LogP contribution is -2.71. The molecule has 10 nitrogen and oxygen atoms in total. The van der Waals surface area contributed by atoms with Gasteiger partial charge in [-0.25, -0.2) is 8.78 Å². The number of carbonyl (C=O) groups is 5. The molecule has 0 unspecified atom stereocenters. The molecule has 5 N–H and O–H groups in total. The van der Waals surface area contributed by atoms with Gasteiger partial charge < -0.3 is 26.6 Å².